The number of benzene rings is 2. The quantitative estimate of drug-likeness (QED) is 0.236. The van der Waals surface area contributed by atoms with Crippen LogP contribution in [0.5, 0.6) is 17.2 Å². The van der Waals surface area contributed by atoms with Crippen molar-refractivity contribution in [1.29, 1.82) is 0 Å². The maximum Gasteiger partial charge on any atom is 0.300 e. The van der Waals surface area contributed by atoms with E-state index in [9.17, 15) is 4.79 Å². The minimum Gasteiger partial charge on any atom is -0.493 e. The Labute approximate surface area is 265 Å². The van der Waals surface area contributed by atoms with E-state index >= 15 is 0 Å². The van der Waals surface area contributed by atoms with E-state index in [1.165, 1.54) is 50.0 Å². The average Bonchev–Trinajstić information content (AvgIpc) is 3.61. The van der Waals surface area contributed by atoms with Crippen molar-refractivity contribution >= 4 is 12.3 Å². The van der Waals surface area contributed by atoms with Gasteiger partial charge >= 0.3 is 0 Å². The van der Waals surface area contributed by atoms with Gasteiger partial charge in [-0.15, -0.1) is 0 Å². The molecule has 2 aliphatic heterocycles. The van der Waals surface area contributed by atoms with Crippen molar-refractivity contribution < 1.29 is 33.4 Å². The first-order valence-corrected chi connectivity index (χ1v) is 15.8. The van der Waals surface area contributed by atoms with Crippen molar-refractivity contribution in [2.45, 2.75) is 57.9 Å². The van der Waals surface area contributed by atoms with Crippen molar-refractivity contribution in [3.05, 3.63) is 53.6 Å². The number of hydrogen-bond acceptors (Lipinski definition) is 7. The molecule has 2 atom stereocenters. The Balaban J connectivity index is 0.000000334. The Morgan fingerprint density at radius 1 is 1.14 bits per heavy atom. The summed E-state index contributed by atoms with van der Waals surface area (Å²) in [6.45, 7) is 9.73. The number of carboxylic acids is 1. The predicted molar refractivity (Wildman–Crippen MR) is 176 cm³/mol. The van der Waals surface area contributed by atoms with E-state index in [0.29, 0.717) is 19.1 Å². The molecule has 0 aliphatic carbocycles. The van der Waals surface area contributed by atoms with Crippen LogP contribution in [0.4, 0.5) is 0 Å². The van der Waals surface area contributed by atoms with E-state index in [1.807, 2.05) is 24.3 Å². The van der Waals surface area contributed by atoms with Crippen LogP contribution in [0.25, 0.3) is 0 Å². The minimum absolute atomic E-state index is 0.203. The highest BCUT2D eigenvalue weighted by molar-refractivity contribution is 5.63. The molecule has 0 saturated carbocycles. The van der Waals surface area contributed by atoms with E-state index in [1.54, 1.807) is 7.11 Å². The Hall–Kier alpha value is -3.14. The molecule has 4 rings (SSSR count). The maximum absolute atomic E-state index is 11.2. The number of rotatable bonds is 14. The molecule has 0 radical (unpaired) electrons. The van der Waals surface area contributed by atoms with Crippen LogP contribution >= 0.6 is 0 Å². The number of unbranched alkanes of at least 4 members (excludes halogenated alkanes) is 1. The zero-order valence-electron chi connectivity index (χ0n) is 28.1. The van der Waals surface area contributed by atoms with Crippen molar-refractivity contribution in [3.8, 4) is 17.2 Å². The van der Waals surface area contributed by atoms with E-state index in [2.05, 4.69) is 63.1 Å². The van der Waals surface area contributed by atoms with Gasteiger partial charge in [0, 0.05) is 38.9 Å². The summed E-state index contributed by atoms with van der Waals surface area (Å²) < 4.78 is 18.1. The highest BCUT2D eigenvalue weighted by Gasteiger charge is 2.33. The lowest BCUT2D eigenvalue weighted by Crippen LogP contribution is -2.37. The first kappa shape index (κ1) is 37.0. The molecule has 1 saturated heterocycles. The number of ether oxygens (including phenoxy) is 3. The fourth-order valence-electron chi connectivity index (χ4n) is 5.46. The number of likely N-dealkylation sites (tertiary alicyclic amines) is 1. The number of aldehydes is 1. The molecule has 0 bridgehead atoms. The number of nitrogens with zero attached hydrogens (tertiary/aromatic N) is 3. The number of hydrogen-bond donors (Lipinski definition) is 1. The number of carbonyl (C=O) groups is 2. The van der Waals surface area contributed by atoms with E-state index in [-0.39, 0.29) is 6.04 Å². The van der Waals surface area contributed by atoms with Crippen molar-refractivity contribution in [2.24, 2.45) is 0 Å². The van der Waals surface area contributed by atoms with Gasteiger partial charge in [0.25, 0.3) is 5.97 Å². The van der Waals surface area contributed by atoms with E-state index < -0.39 is 5.97 Å². The molecular formula is C35H56N3O6+. The van der Waals surface area contributed by atoms with Gasteiger partial charge in [-0.1, -0.05) is 37.6 Å². The summed E-state index contributed by atoms with van der Waals surface area (Å²) in [4.78, 5) is 24.8. The monoisotopic (exact) mass is 614 g/mol. The second kappa shape index (κ2) is 19.3. The van der Waals surface area contributed by atoms with Crippen molar-refractivity contribution in [2.75, 3.05) is 81.2 Å². The maximum atomic E-state index is 11.2. The standard InChI is InChI=1S/C22H25NO4.C11H27N2.C2H4O2/c1-25-21-4-2-3-5-22(21)27-15-19-13-18(14-23(19)9-10-24)16-6-7-20-17(12-16)8-11-26-20;1-6-7-9-12(2)10-8-11-13(3,4)5;1-2(3)4/h2-7,10,12,18-19H,8-9,11,13-15H2,1H3;6-11H2,1-5H3;1H3,(H,3,4)/q;+1;. The van der Waals surface area contributed by atoms with Gasteiger partial charge in [0.1, 0.15) is 18.6 Å². The molecule has 1 fully saturated rings. The summed E-state index contributed by atoms with van der Waals surface area (Å²) in [5.74, 6) is 2.05. The summed E-state index contributed by atoms with van der Waals surface area (Å²) in [5, 5.41) is 7.42. The number of methoxy groups -OCH3 is 1. The second-order valence-electron chi connectivity index (χ2n) is 12.7. The molecule has 44 heavy (non-hydrogen) atoms. The minimum atomic E-state index is -0.833. The first-order chi connectivity index (χ1) is 21.0. The zero-order chi connectivity index (χ0) is 32.5. The Morgan fingerprint density at radius 3 is 2.45 bits per heavy atom. The Kier molecular flexibility index (Phi) is 16.2. The summed E-state index contributed by atoms with van der Waals surface area (Å²) in [6, 6.07) is 14.4. The molecule has 0 spiro atoms. The van der Waals surface area contributed by atoms with Crippen LogP contribution in [0.15, 0.2) is 42.5 Å². The molecule has 0 amide bonds. The third-order valence-corrected chi connectivity index (χ3v) is 7.78. The molecule has 2 aromatic rings. The van der Waals surface area contributed by atoms with Gasteiger partial charge in [-0.3, -0.25) is 9.69 Å². The molecule has 2 unspecified atom stereocenters. The third-order valence-electron chi connectivity index (χ3n) is 7.78. The number of quaternary nitrogens is 1. The molecule has 0 aromatic heterocycles. The number of para-hydroxylation sites is 2. The Morgan fingerprint density at radius 2 is 1.82 bits per heavy atom. The van der Waals surface area contributed by atoms with Crippen molar-refractivity contribution in [3.63, 3.8) is 0 Å². The topological polar surface area (TPSA) is 88.5 Å². The third kappa shape index (κ3) is 13.7. The lowest BCUT2D eigenvalue weighted by molar-refractivity contribution is -0.870. The second-order valence-corrected chi connectivity index (χ2v) is 12.7. The molecule has 9 heteroatoms. The highest BCUT2D eigenvalue weighted by Crippen LogP contribution is 2.36. The van der Waals surface area contributed by atoms with Gasteiger partial charge in [-0.05, 0) is 61.7 Å². The summed E-state index contributed by atoms with van der Waals surface area (Å²) >= 11 is 0. The van der Waals surface area contributed by atoms with Gasteiger partial charge in [0.15, 0.2) is 11.5 Å². The van der Waals surface area contributed by atoms with E-state index in [0.717, 1.165) is 60.9 Å². The molecular weight excluding hydrogens is 558 g/mol. The van der Waals surface area contributed by atoms with Crippen LogP contribution in [0.2, 0.25) is 0 Å². The van der Waals surface area contributed by atoms with Gasteiger partial charge in [-0.2, -0.15) is 0 Å². The Bertz CT molecular complexity index is 1130. The van der Waals surface area contributed by atoms with Gasteiger partial charge in [0.05, 0.1) is 47.9 Å². The predicted octanol–water partition coefficient (Wildman–Crippen LogP) is 4.97. The lowest BCUT2D eigenvalue weighted by atomic mass is 9.94. The SMILES string of the molecule is CC(=O)O.CCCCN(C)CCC[N+](C)(C)C.COc1ccccc1OCC1CC(c2ccc3c(c2)CCO3)CN1CC=O. The normalized spacial score (nSPS) is 17.5. The zero-order valence-corrected chi connectivity index (χ0v) is 28.1. The largest absolute Gasteiger partial charge is 0.493 e. The van der Waals surface area contributed by atoms with Crippen LogP contribution in [0.3, 0.4) is 0 Å². The lowest BCUT2D eigenvalue weighted by Gasteiger charge is -2.25. The molecule has 9 nitrogen and oxygen atoms in total. The number of carboxylic acid groups (broad SMARTS) is 1. The number of aliphatic carboxylic acids is 1. The molecule has 1 N–H and O–H groups in total. The molecule has 246 valence electrons. The fourth-order valence-corrected chi connectivity index (χ4v) is 5.46. The van der Waals surface area contributed by atoms with E-state index in [4.69, 9.17) is 24.1 Å². The highest BCUT2D eigenvalue weighted by atomic mass is 16.5. The summed E-state index contributed by atoms with van der Waals surface area (Å²) in [5.41, 5.74) is 2.62. The van der Waals surface area contributed by atoms with Crippen LogP contribution in [-0.4, -0.2) is 119 Å². The van der Waals surface area contributed by atoms with Gasteiger partial charge in [0.2, 0.25) is 0 Å². The van der Waals surface area contributed by atoms with Crippen LogP contribution in [0.1, 0.15) is 56.6 Å². The summed E-state index contributed by atoms with van der Waals surface area (Å²) in [6.07, 6.45) is 6.89. The van der Waals surface area contributed by atoms with Crippen molar-refractivity contribution in [1.82, 2.24) is 9.80 Å². The number of fused-ring (bicyclic) bond motifs is 1. The van der Waals surface area contributed by atoms with Crippen LogP contribution in [0, 0.1) is 0 Å². The van der Waals surface area contributed by atoms with Crippen LogP contribution in [-0.2, 0) is 16.0 Å². The molecule has 2 aromatic carbocycles. The fraction of sp³-hybridized carbons (Fsp3) is 0.600. The molecule has 2 aliphatic rings. The van der Waals surface area contributed by atoms with Crippen LogP contribution < -0.4 is 14.2 Å². The number of carbonyl (C=O) groups excluding carboxylic acids is 1. The average molecular weight is 615 g/mol. The van der Waals surface area contributed by atoms with Gasteiger partial charge in [-0.25, -0.2) is 0 Å². The molecule has 2 heterocycles. The summed E-state index contributed by atoms with van der Waals surface area (Å²) in [7, 11) is 10.6. The smallest absolute Gasteiger partial charge is 0.300 e. The van der Waals surface area contributed by atoms with Gasteiger partial charge < -0.3 is 33.5 Å². The first-order valence-electron chi connectivity index (χ1n) is 15.8.